The highest BCUT2D eigenvalue weighted by Gasteiger charge is 2.44. The van der Waals surface area contributed by atoms with E-state index in [-0.39, 0.29) is 23.6 Å². The summed E-state index contributed by atoms with van der Waals surface area (Å²) in [5.41, 5.74) is 0.691. The van der Waals surface area contributed by atoms with Crippen molar-refractivity contribution in [3.8, 4) is 11.5 Å². The van der Waals surface area contributed by atoms with Gasteiger partial charge in [0, 0.05) is 36.5 Å². The van der Waals surface area contributed by atoms with Gasteiger partial charge in [0.15, 0.2) is 22.9 Å². The number of ether oxygens (including phenoxy) is 2. The predicted octanol–water partition coefficient (Wildman–Crippen LogP) is 4.94. The van der Waals surface area contributed by atoms with Crippen molar-refractivity contribution in [2.24, 2.45) is 0 Å². The van der Waals surface area contributed by atoms with Crippen LogP contribution in [0.5, 0.6) is 11.5 Å². The number of furan rings is 1. The monoisotopic (exact) mass is 540 g/mol. The lowest BCUT2D eigenvalue weighted by atomic mass is 9.95. The maximum atomic E-state index is 13.8. The number of ketones is 1. The lowest BCUT2D eigenvalue weighted by molar-refractivity contribution is -0.132. The Balaban J connectivity index is 1.80. The van der Waals surface area contributed by atoms with Gasteiger partial charge in [-0.1, -0.05) is 37.6 Å². The van der Waals surface area contributed by atoms with E-state index in [2.05, 4.69) is 4.90 Å². The predicted molar refractivity (Wildman–Crippen MR) is 142 cm³/mol. The Morgan fingerprint density at radius 3 is 2.55 bits per heavy atom. The average molecular weight is 541 g/mol. The van der Waals surface area contributed by atoms with Crippen molar-refractivity contribution < 1.29 is 33.4 Å². The molecule has 1 atom stereocenters. The Bertz CT molecular complexity index is 1420. The molecule has 200 valence electrons. The standard InChI is InChI=1S/C28H29ClN2O7/c1-5-30(6-2)10-11-31-24(17-8-7-9-20(13-17)37-16(3)32)23(26(34)28(31)35)25(33)21-14-18-12-19(29)15-22(36-4)27(18)38-21/h7-9,12-15,24,34H,5-6,10-11H2,1-4H3. The zero-order valence-corrected chi connectivity index (χ0v) is 22.4. The van der Waals surface area contributed by atoms with E-state index < -0.39 is 29.5 Å². The normalized spacial score (nSPS) is 15.6. The summed E-state index contributed by atoms with van der Waals surface area (Å²) in [7, 11) is 1.46. The van der Waals surface area contributed by atoms with Crippen LogP contribution in [0.2, 0.25) is 5.02 Å². The van der Waals surface area contributed by atoms with Crippen LogP contribution in [0.3, 0.4) is 0 Å². The fourth-order valence-corrected chi connectivity index (χ4v) is 4.86. The molecule has 0 fully saturated rings. The van der Waals surface area contributed by atoms with Crippen LogP contribution in [0.15, 0.2) is 58.2 Å². The van der Waals surface area contributed by atoms with Crippen molar-refractivity contribution in [2.75, 3.05) is 33.3 Å². The molecule has 3 aromatic rings. The fraction of sp³-hybridized carbons (Fsp3) is 0.321. The van der Waals surface area contributed by atoms with Crippen LogP contribution in [0.4, 0.5) is 0 Å². The number of hydrogen-bond donors (Lipinski definition) is 1. The Hall–Kier alpha value is -3.82. The molecule has 1 amide bonds. The van der Waals surface area contributed by atoms with E-state index in [0.717, 1.165) is 13.1 Å². The van der Waals surface area contributed by atoms with Gasteiger partial charge in [-0.05, 0) is 42.9 Å². The number of fused-ring (bicyclic) bond motifs is 1. The first-order valence-corrected chi connectivity index (χ1v) is 12.6. The number of amides is 1. The molecule has 2 heterocycles. The molecule has 0 saturated carbocycles. The smallest absolute Gasteiger partial charge is 0.308 e. The Kier molecular flexibility index (Phi) is 8.08. The van der Waals surface area contributed by atoms with Crippen LogP contribution in [0.25, 0.3) is 11.0 Å². The van der Waals surface area contributed by atoms with Crippen LogP contribution in [0, 0.1) is 0 Å². The number of Topliss-reactive ketones (excluding diaryl/α,β-unsaturated/α-hetero) is 1. The number of carbonyl (C=O) groups is 3. The molecule has 4 rings (SSSR count). The summed E-state index contributed by atoms with van der Waals surface area (Å²) >= 11 is 6.17. The molecular formula is C28H29ClN2O7. The minimum absolute atomic E-state index is 0.0818. The summed E-state index contributed by atoms with van der Waals surface area (Å²) in [6.45, 7) is 7.66. The van der Waals surface area contributed by atoms with E-state index in [0.29, 0.717) is 33.8 Å². The molecule has 2 aromatic carbocycles. The lowest BCUT2D eigenvalue weighted by Crippen LogP contribution is -2.38. The third kappa shape index (κ3) is 5.25. The number of halogens is 1. The van der Waals surface area contributed by atoms with Gasteiger partial charge in [-0.15, -0.1) is 0 Å². The summed E-state index contributed by atoms with van der Waals surface area (Å²) < 4.78 is 16.4. The van der Waals surface area contributed by atoms with E-state index in [1.54, 1.807) is 36.4 Å². The summed E-state index contributed by atoms with van der Waals surface area (Å²) in [5, 5.41) is 11.9. The summed E-state index contributed by atoms with van der Waals surface area (Å²) in [6.07, 6.45) is 0. The molecule has 38 heavy (non-hydrogen) atoms. The number of rotatable bonds is 10. The zero-order chi connectivity index (χ0) is 27.6. The second-order valence-corrected chi connectivity index (χ2v) is 9.26. The van der Waals surface area contributed by atoms with Gasteiger partial charge < -0.3 is 28.8 Å². The van der Waals surface area contributed by atoms with Crippen molar-refractivity contribution in [3.05, 3.63) is 70.1 Å². The van der Waals surface area contributed by atoms with E-state index in [1.807, 2.05) is 13.8 Å². The minimum atomic E-state index is -0.931. The van der Waals surface area contributed by atoms with Gasteiger partial charge in [0.1, 0.15) is 5.75 Å². The van der Waals surface area contributed by atoms with E-state index in [4.69, 9.17) is 25.5 Å². The van der Waals surface area contributed by atoms with Crippen LogP contribution in [0.1, 0.15) is 42.9 Å². The van der Waals surface area contributed by atoms with Crippen LogP contribution in [-0.4, -0.2) is 65.9 Å². The summed E-state index contributed by atoms with van der Waals surface area (Å²) in [5.74, 6) is -1.96. The number of carbonyl (C=O) groups excluding carboxylic acids is 3. The van der Waals surface area contributed by atoms with Crippen molar-refractivity contribution in [3.63, 3.8) is 0 Å². The van der Waals surface area contributed by atoms with Gasteiger partial charge in [0.2, 0.25) is 5.78 Å². The lowest BCUT2D eigenvalue weighted by Gasteiger charge is -2.29. The summed E-state index contributed by atoms with van der Waals surface area (Å²) in [6, 6.07) is 10.3. The van der Waals surface area contributed by atoms with Gasteiger partial charge in [-0.2, -0.15) is 0 Å². The highest BCUT2D eigenvalue weighted by molar-refractivity contribution is 6.31. The molecular weight excluding hydrogens is 512 g/mol. The number of aliphatic hydroxyl groups excluding tert-OH is 1. The Labute approximate surface area is 225 Å². The molecule has 1 aromatic heterocycles. The molecule has 0 spiro atoms. The molecule has 0 bridgehead atoms. The topological polar surface area (TPSA) is 110 Å². The number of aliphatic hydroxyl groups is 1. The first-order chi connectivity index (χ1) is 18.2. The number of nitrogens with zero attached hydrogens (tertiary/aromatic N) is 2. The van der Waals surface area contributed by atoms with E-state index >= 15 is 0 Å². The fourth-order valence-electron chi connectivity index (χ4n) is 4.65. The zero-order valence-electron chi connectivity index (χ0n) is 21.6. The maximum absolute atomic E-state index is 13.8. The van der Waals surface area contributed by atoms with Crippen LogP contribution in [-0.2, 0) is 9.59 Å². The highest BCUT2D eigenvalue weighted by atomic mass is 35.5. The number of likely N-dealkylation sites (N-methyl/N-ethyl adjacent to an activating group) is 1. The Morgan fingerprint density at radius 1 is 1.16 bits per heavy atom. The maximum Gasteiger partial charge on any atom is 0.308 e. The van der Waals surface area contributed by atoms with Gasteiger partial charge in [-0.25, -0.2) is 0 Å². The first kappa shape index (κ1) is 27.2. The number of esters is 1. The first-order valence-electron chi connectivity index (χ1n) is 12.2. The number of hydrogen-bond acceptors (Lipinski definition) is 8. The van der Waals surface area contributed by atoms with Gasteiger partial charge in [0.25, 0.3) is 5.91 Å². The van der Waals surface area contributed by atoms with E-state index in [9.17, 15) is 19.5 Å². The molecule has 10 heteroatoms. The van der Waals surface area contributed by atoms with Gasteiger partial charge in [-0.3, -0.25) is 14.4 Å². The number of benzene rings is 2. The molecule has 1 N–H and O–H groups in total. The molecule has 1 aliphatic rings. The highest BCUT2D eigenvalue weighted by Crippen LogP contribution is 2.41. The number of methoxy groups -OCH3 is 1. The molecule has 0 radical (unpaired) electrons. The van der Waals surface area contributed by atoms with Crippen LogP contribution < -0.4 is 9.47 Å². The molecule has 0 aliphatic carbocycles. The van der Waals surface area contributed by atoms with Gasteiger partial charge in [0.05, 0.1) is 18.7 Å². The quantitative estimate of drug-likeness (QED) is 0.219. The SMILES string of the molecule is CCN(CC)CCN1C(=O)C(O)=C(C(=O)c2cc3cc(Cl)cc(OC)c3o2)C1c1cccc(OC(C)=O)c1. The summed E-state index contributed by atoms with van der Waals surface area (Å²) in [4.78, 5) is 42.3. The molecule has 1 unspecified atom stereocenters. The van der Waals surface area contributed by atoms with E-state index in [1.165, 1.54) is 25.0 Å². The Morgan fingerprint density at radius 2 is 1.89 bits per heavy atom. The van der Waals surface area contributed by atoms with Crippen LogP contribution >= 0.6 is 11.6 Å². The largest absolute Gasteiger partial charge is 0.503 e. The third-order valence-electron chi connectivity index (χ3n) is 6.53. The van der Waals surface area contributed by atoms with Crippen molar-refractivity contribution >= 4 is 40.2 Å². The minimum Gasteiger partial charge on any atom is -0.503 e. The molecule has 9 nitrogen and oxygen atoms in total. The average Bonchev–Trinajstić information content (AvgIpc) is 3.42. The second-order valence-electron chi connectivity index (χ2n) is 8.82. The molecule has 0 saturated heterocycles. The van der Waals surface area contributed by atoms with Crippen molar-refractivity contribution in [1.82, 2.24) is 9.80 Å². The van der Waals surface area contributed by atoms with Crippen molar-refractivity contribution in [1.29, 1.82) is 0 Å². The van der Waals surface area contributed by atoms with Gasteiger partial charge >= 0.3 is 5.97 Å². The van der Waals surface area contributed by atoms with Crippen molar-refractivity contribution in [2.45, 2.75) is 26.8 Å². The third-order valence-corrected chi connectivity index (χ3v) is 6.74. The second kappa shape index (κ2) is 11.3. The molecule has 1 aliphatic heterocycles.